The van der Waals surface area contributed by atoms with E-state index in [1.165, 1.54) is 13.1 Å². The first-order chi connectivity index (χ1) is 12.4. The van der Waals surface area contributed by atoms with Crippen molar-refractivity contribution in [3.63, 3.8) is 0 Å². The summed E-state index contributed by atoms with van der Waals surface area (Å²) in [6.45, 7) is 2.10. The predicted molar refractivity (Wildman–Crippen MR) is 106 cm³/mol. The lowest BCUT2D eigenvalue weighted by atomic mass is 10.3. The molecule has 0 saturated heterocycles. The van der Waals surface area contributed by atoms with Crippen LogP contribution < -0.4 is 5.32 Å². The van der Waals surface area contributed by atoms with Crippen LogP contribution in [0.2, 0.25) is 0 Å². The zero-order valence-corrected chi connectivity index (χ0v) is 17.4. The molecule has 1 amide bonds. The number of nitrogens with one attached hydrogen (secondary N) is 1. The molecular formula is C16H17N3O3S4. The summed E-state index contributed by atoms with van der Waals surface area (Å²) >= 11 is 4.30. The zero-order chi connectivity index (χ0) is 18.7. The Bertz CT molecular complexity index is 990. The van der Waals surface area contributed by atoms with Gasteiger partial charge in [-0.05, 0) is 30.5 Å². The second-order valence-electron chi connectivity index (χ2n) is 5.49. The van der Waals surface area contributed by atoms with E-state index in [2.05, 4.69) is 10.3 Å². The van der Waals surface area contributed by atoms with Crippen LogP contribution in [0.1, 0.15) is 9.88 Å². The summed E-state index contributed by atoms with van der Waals surface area (Å²) in [5, 5.41) is 7.48. The molecule has 0 unspecified atom stereocenters. The highest BCUT2D eigenvalue weighted by Gasteiger charge is 2.23. The average molecular weight is 428 g/mol. The van der Waals surface area contributed by atoms with Crippen molar-refractivity contribution in [2.24, 2.45) is 0 Å². The van der Waals surface area contributed by atoms with Gasteiger partial charge < -0.3 is 5.32 Å². The van der Waals surface area contributed by atoms with Crippen LogP contribution >= 0.6 is 34.0 Å². The van der Waals surface area contributed by atoms with Gasteiger partial charge in [-0.3, -0.25) is 4.79 Å². The summed E-state index contributed by atoms with van der Waals surface area (Å²) in [4.78, 5) is 18.6. The minimum absolute atomic E-state index is 0.219. The maximum absolute atomic E-state index is 12.3. The number of nitrogens with zero attached hydrogens (tertiary/aromatic N) is 2. The minimum atomic E-state index is -3.62. The van der Waals surface area contributed by atoms with Crippen LogP contribution in [0.4, 0.5) is 0 Å². The SMILES string of the molecule is Cc1nc(-c2ccc(CNC(=O)CN(C)S(=O)(=O)c3cccs3)s2)cs1. The van der Waals surface area contributed by atoms with E-state index in [9.17, 15) is 13.2 Å². The molecule has 138 valence electrons. The molecule has 0 atom stereocenters. The average Bonchev–Trinajstić information content (AvgIpc) is 3.34. The van der Waals surface area contributed by atoms with E-state index in [1.54, 1.807) is 34.1 Å². The number of thiazole rings is 1. The number of amides is 1. The monoisotopic (exact) mass is 427 g/mol. The van der Waals surface area contributed by atoms with E-state index in [1.807, 2.05) is 24.4 Å². The Morgan fingerprint density at radius 1 is 1.27 bits per heavy atom. The lowest BCUT2D eigenvalue weighted by Gasteiger charge is -2.15. The standard InChI is InChI=1S/C16H17N3O3S4/c1-11-18-13(10-24-11)14-6-5-12(25-14)8-17-15(20)9-19(2)26(21,22)16-4-3-7-23-16/h3-7,10H,8-9H2,1-2H3,(H,17,20). The first kappa shape index (κ1) is 19.2. The van der Waals surface area contributed by atoms with Crippen molar-refractivity contribution in [1.29, 1.82) is 0 Å². The van der Waals surface area contributed by atoms with Gasteiger partial charge >= 0.3 is 0 Å². The summed E-state index contributed by atoms with van der Waals surface area (Å²) < 4.78 is 25.9. The molecule has 0 aromatic carbocycles. The van der Waals surface area contributed by atoms with E-state index in [0.29, 0.717) is 6.54 Å². The van der Waals surface area contributed by atoms with Crippen LogP contribution in [0, 0.1) is 6.92 Å². The van der Waals surface area contributed by atoms with Gasteiger partial charge in [0.2, 0.25) is 5.91 Å². The lowest BCUT2D eigenvalue weighted by molar-refractivity contribution is -0.121. The van der Waals surface area contributed by atoms with Gasteiger partial charge in [0, 0.05) is 17.3 Å². The van der Waals surface area contributed by atoms with Gasteiger partial charge in [-0.25, -0.2) is 13.4 Å². The molecule has 0 saturated carbocycles. The second-order valence-corrected chi connectivity index (χ2v) is 10.9. The van der Waals surface area contributed by atoms with Gasteiger partial charge in [-0.1, -0.05) is 6.07 Å². The van der Waals surface area contributed by atoms with Gasteiger partial charge in [0.1, 0.15) is 4.21 Å². The number of thiophene rings is 2. The second kappa shape index (κ2) is 7.97. The summed E-state index contributed by atoms with van der Waals surface area (Å²) in [6.07, 6.45) is 0. The first-order valence-corrected chi connectivity index (χ1v) is 11.7. The molecule has 0 aliphatic rings. The Labute approximate surface area is 164 Å². The molecule has 0 bridgehead atoms. The fraction of sp³-hybridized carbons (Fsp3) is 0.250. The van der Waals surface area contributed by atoms with Crippen molar-refractivity contribution in [1.82, 2.24) is 14.6 Å². The smallest absolute Gasteiger partial charge is 0.252 e. The molecule has 0 aliphatic heterocycles. The number of aromatic nitrogens is 1. The van der Waals surface area contributed by atoms with Gasteiger partial charge in [-0.2, -0.15) is 4.31 Å². The molecule has 0 fully saturated rings. The normalized spacial score (nSPS) is 11.8. The van der Waals surface area contributed by atoms with E-state index in [-0.39, 0.29) is 16.7 Å². The number of rotatable bonds is 7. The topological polar surface area (TPSA) is 79.4 Å². The fourth-order valence-electron chi connectivity index (χ4n) is 2.18. The highest BCUT2D eigenvalue weighted by molar-refractivity contribution is 7.91. The molecule has 3 aromatic heterocycles. The third-order valence-corrected chi connectivity index (χ3v) is 8.58. The highest BCUT2D eigenvalue weighted by atomic mass is 32.2. The number of hydrogen-bond acceptors (Lipinski definition) is 7. The fourth-order valence-corrected chi connectivity index (χ4v) is 6.10. The molecule has 0 radical (unpaired) electrons. The van der Waals surface area contributed by atoms with Crippen LogP contribution in [0.5, 0.6) is 0 Å². The van der Waals surface area contributed by atoms with Crippen molar-refractivity contribution < 1.29 is 13.2 Å². The summed E-state index contributed by atoms with van der Waals surface area (Å²) in [7, 11) is -2.21. The highest BCUT2D eigenvalue weighted by Crippen LogP contribution is 2.29. The van der Waals surface area contributed by atoms with Crippen molar-refractivity contribution in [2.75, 3.05) is 13.6 Å². The quantitative estimate of drug-likeness (QED) is 0.628. The molecule has 0 aliphatic carbocycles. The van der Waals surface area contributed by atoms with E-state index in [4.69, 9.17) is 0 Å². The number of carbonyl (C=O) groups is 1. The van der Waals surface area contributed by atoms with Gasteiger partial charge in [0.05, 0.1) is 28.7 Å². The lowest BCUT2D eigenvalue weighted by Crippen LogP contribution is -2.37. The van der Waals surface area contributed by atoms with Crippen LogP contribution in [0.3, 0.4) is 0 Å². The Hall–Kier alpha value is -1.59. The number of hydrogen-bond donors (Lipinski definition) is 1. The van der Waals surface area contributed by atoms with Crippen LogP contribution in [-0.4, -0.2) is 37.2 Å². The Morgan fingerprint density at radius 3 is 2.73 bits per heavy atom. The van der Waals surface area contributed by atoms with Crippen molar-refractivity contribution in [2.45, 2.75) is 17.7 Å². The van der Waals surface area contributed by atoms with Crippen LogP contribution in [0.15, 0.2) is 39.2 Å². The number of likely N-dealkylation sites (N-methyl/N-ethyl adjacent to an activating group) is 1. The number of carbonyl (C=O) groups excluding carboxylic acids is 1. The molecular weight excluding hydrogens is 410 g/mol. The molecule has 6 nitrogen and oxygen atoms in total. The largest absolute Gasteiger partial charge is 0.350 e. The minimum Gasteiger partial charge on any atom is -0.350 e. The van der Waals surface area contributed by atoms with E-state index in [0.717, 1.165) is 36.1 Å². The Morgan fingerprint density at radius 2 is 2.08 bits per heavy atom. The summed E-state index contributed by atoms with van der Waals surface area (Å²) in [5.74, 6) is -0.341. The van der Waals surface area contributed by atoms with Crippen molar-refractivity contribution in [3.05, 3.63) is 44.9 Å². The zero-order valence-electron chi connectivity index (χ0n) is 14.1. The number of aryl methyl sites for hydroxylation is 1. The van der Waals surface area contributed by atoms with E-state index >= 15 is 0 Å². The molecule has 10 heteroatoms. The number of sulfonamides is 1. The molecule has 1 N–H and O–H groups in total. The van der Waals surface area contributed by atoms with Crippen LogP contribution in [-0.2, 0) is 21.4 Å². The third-order valence-electron chi connectivity index (χ3n) is 3.52. The summed E-state index contributed by atoms with van der Waals surface area (Å²) in [5.41, 5.74) is 0.942. The van der Waals surface area contributed by atoms with Gasteiger partial charge in [-0.15, -0.1) is 34.0 Å². The van der Waals surface area contributed by atoms with Crippen molar-refractivity contribution in [3.8, 4) is 10.6 Å². The molecule has 26 heavy (non-hydrogen) atoms. The predicted octanol–water partition coefficient (Wildman–Crippen LogP) is 3.18. The first-order valence-electron chi connectivity index (χ1n) is 7.64. The van der Waals surface area contributed by atoms with Crippen LogP contribution in [0.25, 0.3) is 10.6 Å². The molecule has 3 heterocycles. The molecule has 0 spiro atoms. The van der Waals surface area contributed by atoms with Gasteiger partial charge in [0.15, 0.2) is 0 Å². The summed E-state index contributed by atoms with van der Waals surface area (Å²) in [6, 6.07) is 7.13. The van der Waals surface area contributed by atoms with Gasteiger partial charge in [0.25, 0.3) is 10.0 Å². The third kappa shape index (κ3) is 4.38. The maximum Gasteiger partial charge on any atom is 0.252 e. The molecule has 3 aromatic rings. The maximum atomic E-state index is 12.3. The molecule has 3 rings (SSSR count). The van der Waals surface area contributed by atoms with Crippen molar-refractivity contribution >= 4 is 49.9 Å². The Kier molecular flexibility index (Phi) is 5.88. The Balaban J connectivity index is 1.55. The van der Waals surface area contributed by atoms with E-state index < -0.39 is 10.0 Å².